The van der Waals surface area contributed by atoms with Gasteiger partial charge in [-0.15, -0.1) is 6.58 Å². The lowest BCUT2D eigenvalue weighted by Gasteiger charge is -2.21. The predicted molar refractivity (Wildman–Crippen MR) is 107 cm³/mol. The minimum absolute atomic E-state index is 0.228. The fourth-order valence-corrected chi connectivity index (χ4v) is 2.98. The van der Waals surface area contributed by atoms with Crippen LogP contribution in [0.15, 0.2) is 36.9 Å². The van der Waals surface area contributed by atoms with E-state index in [4.69, 9.17) is 10.00 Å². The SMILES string of the molecule is C=CCN(Cc1ccc(C#N)cc1)C(=O)c1[nH]c(C)c(C(=O)OC(C)C)c1C. The highest BCUT2D eigenvalue weighted by molar-refractivity contribution is 6.00. The minimum Gasteiger partial charge on any atom is -0.459 e. The van der Waals surface area contributed by atoms with Gasteiger partial charge in [-0.1, -0.05) is 18.2 Å². The smallest absolute Gasteiger partial charge is 0.340 e. The molecule has 0 aliphatic carbocycles. The first-order valence-electron chi connectivity index (χ1n) is 9.07. The summed E-state index contributed by atoms with van der Waals surface area (Å²) < 4.78 is 5.29. The maximum absolute atomic E-state index is 13.1. The molecule has 1 aromatic carbocycles. The Morgan fingerprint density at radius 2 is 1.93 bits per heavy atom. The Morgan fingerprint density at radius 1 is 1.29 bits per heavy atom. The average Bonchev–Trinajstić information content (AvgIpc) is 2.95. The fraction of sp³-hybridized carbons (Fsp3) is 0.318. The molecule has 1 amide bonds. The highest BCUT2D eigenvalue weighted by atomic mass is 16.5. The maximum Gasteiger partial charge on any atom is 0.340 e. The molecule has 1 aromatic heterocycles. The lowest BCUT2D eigenvalue weighted by molar-refractivity contribution is 0.0376. The molecule has 6 nitrogen and oxygen atoms in total. The number of carbonyl (C=O) groups excluding carboxylic acids is 2. The molecule has 1 N–H and O–H groups in total. The number of carbonyl (C=O) groups is 2. The van der Waals surface area contributed by atoms with E-state index in [9.17, 15) is 9.59 Å². The van der Waals surface area contributed by atoms with E-state index in [1.807, 2.05) is 12.1 Å². The third-order valence-corrected chi connectivity index (χ3v) is 4.29. The third kappa shape index (κ3) is 4.68. The first-order valence-corrected chi connectivity index (χ1v) is 9.07. The van der Waals surface area contributed by atoms with Crippen LogP contribution in [-0.4, -0.2) is 34.4 Å². The number of hydrogen-bond donors (Lipinski definition) is 1. The summed E-state index contributed by atoms with van der Waals surface area (Å²) in [7, 11) is 0. The maximum atomic E-state index is 13.1. The molecule has 0 aliphatic rings. The van der Waals surface area contributed by atoms with Crippen LogP contribution in [0.2, 0.25) is 0 Å². The molecule has 0 unspecified atom stereocenters. The van der Waals surface area contributed by atoms with Crippen LogP contribution in [-0.2, 0) is 11.3 Å². The number of ether oxygens (including phenoxy) is 1. The second-order valence-corrected chi connectivity index (χ2v) is 6.86. The normalized spacial score (nSPS) is 10.4. The first-order chi connectivity index (χ1) is 13.3. The molecule has 0 spiro atoms. The van der Waals surface area contributed by atoms with Gasteiger partial charge >= 0.3 is 5.97 Å². The zero-order chi connectivity index (χ0) is 20.8. The van der Waals surface area contributed by atoms with Crippen LogP contribution in [0.4, 0.5) is 0 Å². The number of aryl methyl sites for hydroxylation is 1. The zero-order valence-electron chi connectivity index (χ0n) is 16.7. The van der Waals surface area contributed by atoms with Gasteiger partial charge in [0.1, 0.15) is 5.69 Å². The number of rotatable bonds is 7. The molecule has 0 radical (unpaired) electrons. The number of nitrogens with zero attached hydrogens (tertiary/aromatic N) is 2. The Balaban J connectivity index is 2.31. The van der Waals surface area contributed by atoms with Gasteiger partial charge in [-0.2, -0.15) is 5.26 Å². The largest absolute Gasteiger partial charge is 0.459 e. The minimum atomic E-state index is -0.442. The number of nitrogens with one attached hydrogen (secondary N) is 1. The van der Waals surface area contributed by atoms with Crippen molar-refractivity contribution in [1.82, 2.24) is 9.88 Å². The second kappa shape index (κ2) is 9.05. The van der Waals surface area contributed by atoms with E-state index in [2.05, 4.69) is 17.6 Å². The van der Waals surface area contributed by atoms with Gasteiger partial charge in [0.05, 0.1) is 23.3 Å². The first kappa shape index (κ1) is 21.0. The summed E-state index contributed by atoms with van der Waals surface area (Å²) in [5.74, 6) is -0.670. The Kier molecular flexibility index (Phi) is 6.78. The number of hydrogen-bond acceptors (Lipinski definition) is 4. The summed E-state index contributed by atoms with van der Waals surface area (Å²) in [6.07, 6.45) is 1.41. The van der Waals surface area contributed by atoms with Gasteiger partial charge in [0, 0.05) is 18.8 Å². The van der Waals surface area contributed by atoms with Crippen LogP contribution in [0.3, 0.4) is 0 Å². The van der Waals surface area contributed by atoms with Crippen molar-refractivity contribution >= 4 is 11.9 Å². The number of aromatic nitrogens is 1. The molecule has 6 heteroatoms. The standard InChI is InChI=1S/C22H25N3O3/c1-6-11-25(13-18-9-7-17(12-23)8-10-18)21(26)20-15(4)19(16(5)24-20)22(27)28-14(2)3/h6-10,14,24H,1,11,13H2,2-5H3. The molecule has 0 saturated heterocycles. The van der Waals surface area contributed by atoms with Gasteiger partial charge in [-0.25, -0.2) is 4.79 Å². The summed E-state index contributed by atoms with van der Waals surface area (Å²) >= 11 is 0. The van der Waals surface area contributed by atoms with Crippen molar-refractivity contribution in [1.29, 1.82) is 5.26 Å². The summed E-state index contributed by atoms with van der Waals surface area (Å²) in [6, 6.07) is 9.15. The quantitative estimate of drug-likeness (QED) is 0.584. The summed E-state index contributed by atoms with van der Waals surface area (Å²) in [5.41, 5.74) is 3.40. The highest BCUT2D eigenvalue weighted by Crippen LogP contribution is 2.22. The van der Waals surface area contributed by atoms with Gasteiger partial charge in [0.15, 0.2) is 0 Å². The fourth-order valence-electron chi connectivity index (χ4n) is 2.98. The third-order valence-electron chi connectivity index (χ3n) is 4.29. The number of nitriles is 1. The van der Waals surface area contributed by atoms with E-state index < -0.39 is 5.97 Å². The molecule has 28 heavy (non-hydrogen) atoms. The molecule has 2 rings (SSSR count). The van der Waals surface area contributed by atoms with Crippen molar-refractivity contribution in [2.45, 2.75) is 40.3 Å². The van der Waals surface area contributed by atoms with Crippen LogP contribution in [0.25, 0.3) is 0 Å². The molecule has 0 atom stereocenters. The van der Waals surface area contributed by atoms with Crippen LogP contribution in [0.1, 0.15) is 57.1 Å². The molecule has 2 aromatic rings. The van der Waals surface area contributed by atoms with Crippen molar-refractivity contribution in [3.63, 3.8) is 0 Å². The Morgan fingerprint density at radius 3 is 2.46 bits per heavy atom. The number of H-pyrrole nitrogens is 1. The Labute approximate surface area is 165 Å². The van der Waals surface area contributed by atoms with Gasteiger partial charge in [0.2, 0.25) is 0 Å². The molecule has 1 heterocycles. The predicted octanol–water partition coefficient (Wildman–Crippen LogP) is 3.90. The average molecular weight is 379 g/mol. The van der Waals surface area contributed by atoms with Crippen molar-refractivity contribution in [3.8, 4) is 6.07 Å². The van der Waals surface area contributed by atoms with E-state index in [1.54, 1.807) is 50.8 Å². The topological polar surface area (TPSA) is 86.2 Å². The number of aromatic amines is 1. The molecular weight excluding hydrogens is 354 g/mol. The van der Waals surface area contributed by atoms with Crippen molar-refractivity contribution in [2.24, 2.45) is 0 Å². The van der Waals surface area contributed by atoms with E-state index in [0.717, 1.165) is 5.56 Å². The molecule has 0 aliphatic heterocycles. The molecule has 0 bridgehead atoms. The highest BCUT2D eigenvalue weighted by Gasteiger charge is 2.26. The van der Waals surface area contributed by atoms with Gasteiger partial charge in [-0.3, -0.25) is 4.79 Å². The van der Waals surface area contributed by atoms with E-state index in [-0.39, 0.29) is 12.0 Å². The Hall–Kier alpha value is -3.33. The van der Waals surface area contributed by atoms with Crippen molar-refractivity contribution in [2.75, 3.05) is 6.54 Å². The number of benzene rings is 1. The van der Waals surface area contributed by atoms with E-state index in [0.29, 0.717) is 41.2 Å². The van der Waals surface area contributed by atoms with Crippen LogP contribution >= 0.6 is 0 Å². The molecule has 0 fully saturated rings. The lowest BCUT2D eigenvalue weighted by Crippen LogP contribution is -2.31. The van der Waals surface area contributed by atoms with E-state index >= 15 is 0 Å². The number of amides is 1. The van der Waals surface area contributed by atoms with E-state index in [1.165, 1.54) is 0 Å². The zero-order valence-corrected chi connectivity index (χ0v) is 16.7. The van der Waals surface area contributed by atoms with Gasteiger partial charge in [0.25, 0.3) is 5.91 Å². The molecule has 146 valence electrons. The molecular formula is C22H25N3O3. The van der Waals surface area contributed by atoms with Gasteiger partial charge in [-0.05, 0) is 51.0 Å². The van der Waals surface area contributed by atoms with Gasteiger partial charge < -0.3 is 14.6 Å². The molecule has 0 saturated carbocycles. The van der Waals surface area contributed by atoms with Crippen LogP contribution in [0, 0.1) is 25.2 Å². The monoisotopic (exact) mass is 379 g/mol. The van der Waals surface area contributed by atoms with Crippen molar-refractivity contribution in [3.05, 3.63) is 70.6 Å². The van der Waals surface area contributed by atoms with Crippen LogP contribution in [0.5, 0.6) is 0 Å². The summed E-state index contributed by atoms with van der Waals surface area (Å²) in [4.78, 5) is 30.2. The second-order valence-electron chi connectivity index (χ2n) is 6.86. The van der Waals surface area contributed by atoms with Crippen molar-refractivity contribution < 1.29 is 14.3 Å². The summed E-state index contributed by atoms with van der Waals surface area (Å²) in [5, 5.41) is 8.92. The number of esters is 1. The Bertz CT molecular complexity index is 918. The lowest BCUT2D eigenvalue weighted by atomic mass is 10.1. The van der Waals surface area contributed by atoms with Crippen LogP contribution < -0.4 is 0 Å². The summed E-state index contributed by atoms with van der Waals surface area (Å²) in [6.45, 7) is 11.5.